The molecule has 2 heterocycles. The van der Waals surface area contributed by atoms with Crippen molar-refractivity contribution >= 4 is 49.0 Å². The summed E-state index contributed by atoms with van der Waals surface area (Å²) >= 11 is 0.746. The minimum Gasteiger partial charge on any atom is -0.497 e. The first-order chi connectivity index (χ1) is 16.2. The number of rotatable bonds is 7. The maximum absolute atomic E-state index is 12.4. The number of hydrogen-bond acceptors (Lipinski definition) is 9. The minimum atomic E-state index is -3.58. The number of methoxy groups -OCH3 is 1. The molecular formula is C22H20N4O6S2. The number of nitrogens with zero attached hydrogens (tertiary/aromatic N) is 3. The molecule has 2 aromatic carbocycles. The summed E-state index contributed by atoms with van der Waals surface area (Å²) in [5.74, 6) is 1.20. The number of ether oxygens (including phenoxy) is 3. The Kier molecular flexibility index (Phi) is 6.70. The van der Waals surface area contributed by atoms with Gasteiger partial charge in [0, 0.05) is 6.26 Å². The zero-order chi connectivity index (χ0) is 24.3. The summed E-state index contributed by atoms with van der Waals surface area (Å²) in [6.45, 7) is 0.689. The Balaban J connectivity index is 1.36. The van der Waals surface area contributed by atoms with Crippen LogP contribution < -0.4 is 14.2 Å². The van der Waals surface area contributed by atoms with E-state index in [1.807, 2.05) is 24.3 Å². The fraction of sp³-hybridized carbons (Fsp3) is 0.182. The molecule has 0 saturated carbocycles. The van der Waals surface area contributed by atoms with E-state index in [2.05, 4.69) is 10.1 Å². The lowest BCUT2D eigenvalue weighted by atomic mass is 10.1. The molecule has 0 aliphatic carbocycles. The molecule has 0 unspecified atom stereocenters. The van der Waals surface area contributed by atoms with Crippen LogP contribution in [0.2, 0.25) is 0 Å². The van der Waals surface area contributed by atoms with Crippen molar-refractivity contribution in [3.63, 3.8) is 0 Å². The van der Waals surface area contributed by atoms with E-state index in [9.17, 15) is 13.2 Å². The van der Waals surface area contributed by atoms with E-state index in [0.29, 0.717) is 30.3 Å². The quantitative estimate of drug-likeness (QED) is 0.454. The number of amides is 1. The van der Waals surface area contributed by atoms with Gasteiger partial charge in [-0.1, -0.05) is 12.1 Å². The normalized spacial score (nSPS) is 16.8. The van der Waals surface area contributed by atoms with E-state index >= 15 is 0 Å². The van der Waals surface area contributed by atoms with Crippen LogP contribution >= 0.6 is 11.8 Å². The number of fused-ring (bicyclic) bond motifs is 1. The van der Waals surface area contributed by atoms with Crippen molar-refractivity contribution in [2.75, 3.05) is 26.6 Å². The molecule has 0 spiro atoms. The van der Waals surface area contributed by atoms with Crippen LogP contribution in [0.1, 0.15) is 5.56 Å². The fourth-order valence-corrected chi connectivity index (χ4v) is 4.63. The zero-order valence-corrected chi connectivity index (χ0v) is 19.9. The van der Waals surface area contributed by atoms with Gasteiger partial charge in [0.25, 0.3) is 5.91 Å². The van der Waals surface area contributed by atoms with Gasteiger partial charge in [-0.05, 0) is 59.8 Å². The SMILES string of the molecule is COc1ccc(OCCOc2ccc(/C=C3/C(=N)N4N=C(S(C)(=O)=O)SC4=NC3=O)cc2)cc1. The highest BCUT2D eigenvalue weighted by Crippen LogP contribution is 2.30. The van der Waals surface area contributed by atoms with Crippen molar-refractivity contribution in [1.82, 2.24) is 5.01 Å². The van der Waals surface area contributed by atoms with Crippen LogP contribution in [0.3, 0.4) is 0 Å². The topological polar surface area (TPSA) is 131 Å². The van der Waals surface area contributed by atoms with Crippen LogP contribution in [-0.2, 0) is 14.6 Å². The Morgan fingerprint density at radius 2 is 1.56 bits per heavy atom. The van der Waals surface area contributed by atoms with Crippen LogP contribution in [0, 0.1) is 5.41 Å². The Labute approximate surface area is 200 Å². The summed E-state index contributed by atoms with van der Waals surface area (Å²) in [4.78, 5) is 16.3. The number of nitrogens with one attached hydrogen (secondary N) is 1. The molecule has 0 saturated heterocycles. The largest absolute Gasteiger partial charge is 0.497 e. The standard InChI is InChI=1S/C22H20N4O6S2/c1-30-15-7-9-17(10-8-15)32-12-11-31-16-5-3-14(4-6-16)13-18-19(23)26-21(24-20(18)27)33-22(25-26)34(2,28)29/h3-10,13,23H,11-12H2,1-2H3/b18-13-,23-19?. The second-order valence-electron chi connectivity index (χ2n) is 7.10. The van der Waals surface area contributed by atoms with Gasteiger partial charge >= 0.3 is 0 Å². The van der Waals surface area contributed by atoms with E-state index in [4.69, 9.17) is 19.6 Å². The van der Waals surface area contributed by atoms with E-state index in [0.717, 1.165) is 28.8 Å². The number of carbonyl (C=O) groups is 1. The number of sulfone groups is 1. The summed E-state index contributed by atoms with van der Waals surface area (Å²) in [5, 5.41) is 13.3. The molecule has 0 bridgehead atoms. The van der Waals surface area contributed by atoms with Crippen LogP contribution in [0.15, 0.2) is 64.2 Å². The molecule has 1 amide bonds. The highest BCUT2D eigenvalue weighted by atomic mass is 32.3. The third kappa shape index (κ3) is 5.29. The van der Waals surface area contributed by atoms with Gasteiger partial charge in [0.15, 0.2) is 5.84 Å². The second-order valence-corrected chi connectivity index (χ2v) is 10.2. The number of benzene rings is 2. The maximum Gasteiger partial charge on any atom is 0.283 e. The summed E-state index contributed by atoms with van der Waals surface area (Å²) in [5.41, 5.74) is 0.650. The molecule has 2 aromatic rings. The molecule has 10 nitrogen and oxygen atoms in total. The van der Waals surface area contributed by atoms with Crippen molar-refractivity contribution in [2.45, 2.75) is 0 Å². The predicted molar refractivity (Wildman–Crippen MR) is 130 cm³/mol. The summed E-state index contributed by atoms with van der Waals surface area (Å²) < 4.78 is 39.7. The molecule has 34 heavy (non-hydrogen) atoms. The number of amidine groups is 2. The molecule has 0 atom stereocenters. The minimum absolute atomic E-state index is 0.00408. The van der Waals surface area contributed by atoms with Crippen LogP contribution in [0.4, 0.5) is 0 Å². The average molecular weight is 501 g/mol. The van der Waals surface area contributed by atoms with Crippen LogP contribution in [0.5, 0.6) is 17.2 Å². The molecule has 2 aliphatic heterocycles. The molecule has 176 valence electrons. The third-order valence-electron chi connectivity index (χ3n) is 4.62. The number of carbonyl (C=O) groups excluding carboxylic acids is 1. The number of hydrazone groups is 1. The molecule has 12 heteroatoms. The zero-order valence-electron chi connectivity index (χ0n) is 18.2. The molecule has 0 radical (unpaired) electrons. The lowest BCUT2D eigenvalue weighted by Crippen LogP contribution is -2.35. The molecular weight excluding hydrogens is 480 g/mol. The Morgan fingerprint density at radius 1 is 1.00 bits per heavy atom. The van der Waals surface area contributed by atoms with Gasteiger partial charge in [-0.3, -0.25) is 10.2 Å². The first-order valence-corrected chi connectivity index (χ1v) is 12.7. The molecule has 0 fully saturated rings. The first kappa shape index (κ1) is 23.5. The second kappa shape index (κ2) is 9.69. The fourth-order valence-electron chi connectivity index (χ4n) is 2.94. The molecule has 0 aromatic heterocycles. The van der Waals surface area contributed by atoms with E-state index in [1.54, 1.807) is 31.4 Å². The van der Waals surface area contributed by atoms with Crippen LogP contribution in [0.25, 0.3) is 6.08 Å². The smallest absolute Gasteiger partial charge is 0.283 e. The molecule has 2 aliphatic rings. The number of thioether (sulfide) groups is 1. The van der Waals surface area contributed by atoms with Gasteiger partial charge in [-0.15, -0.1) is 5.10 Å². The summed E-state index contributed by atoms with van der Waals surface area (Å²) in [7, 11) is -1.98. The van der Waals surface area contributed by atoms with Gasteiger partial charge in [0.2, 0.25) is 19.4 Å². The van der Waals surface area contributed by atoms with Crippen LogP contribution in [-0.4, -0.2) is 61.3 Å². The lowest BCUT2D eigenvalue weighted by molar-refractivity contribution is -0.114. The monoisotopic (exact) mass is 500 g/mol. The van der Waals surface area contributed by atoms with Gasteiger partial charge < -0.3 is 14.2 Å². The van der Waals surface area contributed by atoms with E-state index in [1.165, 1.54) is 6.08 Å². The Morgan fingerprint density at radius 3 is 2.12 bits per heavy atom. The molecule has 1 N–H and O–H groups in total. The van der Waals surface area contributed by atoms with Crippen molar-refractivity contribution in [2.24, 2.45) is 10.1 Å². The van der Waals surface area contributed by atoms with E-state index < -0.39 is 15.7 Å². The Bertz CT molecular complexity index is 1320. The predicted octanol–water partition coefficient (Wildman–Crippen LogP) is 2.77. The average Bonchev–Trinajstić information content (AvgIpc) is 3.26. The first-order valence-electron chi connectivity index (χ1n) is 9.94. The van der Waals surface area contributed by atoms with Gasteiger partial charge in [0.1, 0.15) is 30.5 Å². The van der Waals surface area contributed by atoms with Crippen molar-refractivity contribution in [3.8, 4) is 17.2 Å². The van der Waals surface area contributed by atoms with Gasteiger partial charge in [0.05, 0.1) is 12.7 Å². The number of hydrogen-bond donors (Lipinski definition) is 1. The van der Waals surface area contributed by atoms with E-state index in [-0.39, 0.29) is 21.0 Å². The van der Waals surface area contributed by atoms with Crippen molar-refractivity contribution in [1.29, 1.82) is 5.41 Å². The van der Waals surface area contributed by atoms with Crippen molar-refractivity contribution in [3.05, 3.63) is 59.7 Å². The van der Waals surface area contributed by atoms with Gasteiger partial charge in [-0.25, -0.2) is 8.42 Å². The summed E-state index contributed by atoms with van der Waals surface area (Å²) in [6, 6.07) is 14.2. The third-order valence-corrected chi connectivity index (χ3v) is 7.20. The highest BCUT2D eigenvalue weighted by Gasteiger charge is 2.38. The molecule has 4 rings (SSSR count). The van der Waals surface area contributed by atoms with Gasteiger partial charge in [-0.2, -0.15) is 10.0 Å². The lowest BCUT2D eigenvalue weighted by Gasteiger charge is -2.20. The maximum atomic E-state index is 12.4. The summed E-state index contributed by atoms with van der Waals surface area (Å²) in [6.07, 6.45) is 2.51. The number of aliphatic imine (C=N–C) groups is 1. The Hall–Kier alpha value is -3.64. The van der Waals surface area contributed by atoms with Crippen molar-refractivity contribution < 1.29 is 27.4 Å². The highest BCUT2D eigenvalue weighted by molar-refractivity contribution is 8.42.